The number of likely N-dealkylation sites (N-methyl/N-ethyl adjacent to an activating group) is 1. The van der Waals surface area contributed by atoms with E-state index in [9.17, 15) is 0 Å². The fourth-order valence-corrected chi connectivity index (χ4v) is 3.46. The maximum absolute atomic E-state index is 4.50. The molecule has 0 unspecified atom stereocenters. The Kier molecular flexibility index (Phi) is 3.63. The monoisotopic (exact) mass is 315 g/mol. The first-order chi connectivity index (χ1) is 11.6. The highest BCUT2D eigenvalue weighted by molar-refractivity contribution is 5.87. The number of hydrogen-bond donors (Lipinski definition) is 0. The van der Waals surface area contributed by atoms with Crippen molar-refractivity contribution in [3.8, 4) is 12.0 Å². The minimum atomic E-state index is 0.825. The van der Waals surface area contributed by atoms with Crippen molar-refractivity contribution in [2.45, 2.75) is 26.8 Å². The van der Waals surface area contributed by atoms with Crippen LogP contribution in [0.4, 0.5) is 0 Å². The largest absolute Gasteiger partial charge is 0.302 e. The summed E-state index contributed by atoms with van der Waals surface area (Å²) in [6.07, 6.45) is 1.04. The van der Waals surface area contributed by atoms with Crippen molar-refractivity contribution in [2.24, 2.45) is 0 Å². The summed E-state index contributed by atoms with van der Waals surface area (Å²) in [7, 11) is 2.18. The van der Waals surface area contributed by atoms with E-state index in [2.05, 4.69) is 58.6 Å². The molecule has 3 aromatic rings. The van der Waals surface area contributed by atoms with Crippen molar-refractivity contribution in [3.63, 3.8) is 0 Å². The van der Waals surface area contributed by atoms with Crippen LogP contribution in [0.1, 0.15) is 28.2 Å². The molecule has 24 heavy (non-hydrogen) atoms. The standard InChI is InChI=1S/C21H21N3/c1-15-7-8-20-18(13-15)19-14-23(3)11-10-21(19)24(20)12-9-17-6-4-5-16(2)22-17/h4-8,13H,10-11,14H2,1-3H3. The van der Waals surface area contributed by atoms with Gasteiger partial charge in [0.15, 0.2) is 0 Å². The molecule has 1 aromatic carbocycles. The zero-order chi connectivity index (χ0) is 16.7. The summed E-state index contributed by atoms with van der Waals surface area (Å²) in [5, 5.41) is 1.34. The summed E-state index contributed by atoms with van der Waals surface area (Å²) in [5.74, 6) is 3.24. The van der Waals surface area contributed by atoms with E-state index in [1.165, 1.54) is 27.7 Å². The van der Waals surface area contributed by atoms with E-state index in [1.807, 2.05) is 25.1 Å². The van der Waals surface area contributed by atoms with Gasteiger partial charge >= 0.3 is 0 Å². The van der Waals surface area contributed by atoms with Gasteiger partial charge in [-0.25, -0.2) is 4.98 Å². The topological polar surface area (TPSA) is 21.1 Å². The van der Waals surface area contributed by atoms with Gasteiger partial charge in [-0.3, -0.25) is 4.57 Å². The van der Waals surface area contributed by atoms with Gasteiger partial charge in [0, 0.05) is 42.3 Å². The molecule has 0 aliphatic carbocycles. The van der Waals surface area contributed by atoms with Gasteiger partial charge in [0.2, 0.25) is 0 Å². The van der Waals surface area contributed by atoms with E-state index in [-0.39, 0.29) is 0 Å². The molecule has 2 aromatic heterocycles. The van der Waals surface area contributed by atoms with E-state index < -0.39 is 0 Å². The average Bonchev–Trinajstić information content (AvgIpc) is 2.85. The molecular weight excluding hydrogens is 294 g/mol. The van der Waals surface area contributed by atoms with Crippen LogP contribution >= 0.6 is 0 Å². The fourth-order valence-electron chi connectivity index (χ4n) is 3.46. The van der Waals surface area contributed by atoms with Crippen LogP contribution in [0, 0.1) is 25.8 Å². The number of aryl methyl sites for hydroxylation is 2. The molecule has 0 saturated carbocycles. The third kappa shape index (κ3) is 2.60. The van der Waals surface area contributed by atoms with Crippen molar-refractivity contribution >= 4 is 10.9 Å². The second kappa shape index (κ2) is 5.81. The molecule has 3 heteroatoms. The highest BCUT2D eigenvalue weighted by atomic mass is 15.1. The van der Waals surface area contributed by atoms with Gasteiger partial charge < -0.3 is 4.90 Å². The van der Waals surface area contributed by atoms with Crippen LogP contribution in [-0.4, -0.2) is 28.0 Å². The van der Waals surface area contributed by atoms with Gasteiger partial charge in [0.05, 0.1) is 5.52 Å². The summed E-state index contributed by atoms with van der Waals surface area (Å²) in [5.41, 5.74) is 7.11. The molecule has 3 nitrogen and oxygen atoms in total. The molecule has 0 fully saturated rings. The molecular formula is C21H21N3. The van der Waals surface area contributed by atoms with Crippen LogP contribution < -0.4 is 0 Å². The first-order valence-corrected chi connectivity index (χ1v) is 8.39. The molecule has 120 valence electrons. The maximum atomic E-state index is 4.50. The second-order valence-electron chi connectivity index (χ2n) is 6.67. The van der Waals surface area contributed by atoms with Crippen molar-refractivity contribution < 1.29 is 0 Å². The van der Waals surface area contributed by atoms with Crippen LogP contribution in [0.15, 0.2) is 36.4 Å². The molecule has 0 bridgehead atoms. The Morgan fingerprint density at radius 2 is 2.00 bits per heavy atom. The highest BCUT2D eigenvalue weighted by Gasteiger charge is 2.21. The quantitative estimate of drug-likeness (QED) is 0.592. The van der Waals surface area contributed by atoms with Gasteiger partial charge in [-0.1, -0.05) is 17.7 Å². The number of fused-ring (bicyclic) bond motifs is 3. The first kappa shape index (κ1) is 15.0. The maximum Gasteiger partial charge on any atom is 0.115 e. The van der Waals surface area contributed by atoms with E-state index in [0.29, 0.717) is 0 Å². The smallest absolute Gasteiger partial charge is 0.115 e. The molecule has 0 spiro atoms. The molecule has 1 aliphatic rings. The Balaban J connectivity index is 1.90. The van der Waals surface area contributed by atoms with Gasteiger partial charge in [0.25, 0.3) is 0 Å². The number of rotatable bonds is 0. The van der Waals surface area contributed by atoms with Crippen LogP contribution in [-0.2, 0) is 13.0 Å². The molecule has 3 heterocycles. The van der Waals surface area contributed by atoms with Crippen LogP contribution in [0.25, 0.3) is 10.9 Å². The third-order valence-corrected chi connectivity index (χ3v) is 4.68. The van der Waals surface area contributed by atoms with Gasteiger partial charge in [0.1, 0.15) is 5.69 Å². The normalized spacial score (nSPS) is 14.3. The fraction of sp³-hybridized carbons (Fsp3) is 0.286. The minimum absolute atomic E-state index is 0.825. The summed E-state index contributed by atoms with van der Waals surface area (Å²) in [6, 6.07) is 16.0. The summed E-state index contributed by atoms with van der Waals surface area (Å²) >= 11 is 0. The number of nitrogens with zero attached hydrogens (tertiary/aromatic N) is 3. The summed E-state index contributed by atoms with van der Waals surface area (Å²) < 4.78 is 2.18. The summed E-state index contributed by atoms with van der Waals surface area (Å²) in [4.78, 5) is 6.87. The van der Waals surface area contributed by atoms with E-state index >= 15 is 0 Å². The first-order valence-electron chi connectivity index (χ1n) is 8.39. The predicted octanol–water partition coefficient (Wildman–Crippen LogP) is 3.50. The lowest BCUT2D eigenvalue weighted by molar-refractivity contribution is 0.311. The molecule has 0 atom stereocenters. The lowest BCUT2D eigenvalue weighted by Gasteiger charge is -2.23. The van der Waals surface area contributed by atoms with Gasteiger partial charge in [-0.2, -0.15) is 0 Å². The Morgan fingerprint density at radius 1 is 1.12 bits per heavy atom. The summed E-state index contributed by atoms with van der Waals surface area (Å²) in [6.45, 7) is 6.22. The number of pyridine rings is 1. The minimum Gasteiger partial charge on any atom is -0.302 e. The van der Waals surface area contributed by atoms with Crippen LogP contribution in [0.2, 0.25) is 0 Å². The Labute approximate surface area is 142 Å². The van der Waals surface area contributed by atoms with E-state index in [4.69, 9.17) is 0 Å². The number of hydrogen-bond acceptors (Lipinski definition) is 2. The van der Waals surface area contributed by atoms with Gasteiger partial charge in [-0.05, 0) is 56.6 Å². The van der Waals surface area contributed by atoms with E-state index in [1.54, 1.807) is 0 Å². The predicted molar refractivity (Wildman–Crippen MR) is 98.0 cm³/mol. The zero-order valence-corrected chi connectivity index (χ0v) is 14.4. The SMILES string of the molecule is Cc1ccc2c(c1)c1c(n2C#Cc2cccc(C)n2)CCN(C)C1. The van der Waals surface area contributed by atoms with Gasteiger partial charge in [-0.15, -0.1) is 0 Å². The molecule has 0 N–H and O–H groups in total. The Hall–Kier alpha value is -2.57. The third-order valence-electron chi connectivity index (χ3n) is 4.68. The van der Waals surface area contributed by atoms with E-state index in [0.717, 1.165) is 30.9 Å². The van der Waals surface area contributed by atoms with Crippen molar-refractivity contribution in [1.29, 1.82) is 0 Å². The van der Waals surface area contributed by atoms with Crippen molar-refractivity contribution in [1.82, 2.24) is 14.5 Å². The average molecular weight is 315 g/mol. The number of aromatic nitrogens is 2. The van der Waals surface area contributed by atoms with Crippen molar-refractivity contribution in [2.75, 3.05) is 13.6 Å². The molecule has 0 amide bonds. The lowest BCUT2D eigenvalue weighted by atomic mass is 10.0. The highest BCUT2D eigenvalue weighted by Crippen LogP contribution is 2.30. The van der Waals surface area contributed by atoms with Crippen LogP contribution in [0.3, 0.4) is 0 Å². The Bertz CT molecular complexity index is 985. The van der Waals surface area contributed by atoms with Crippen LogP contribution in [0.5, 0.6) is 0 Å². The Morgan fingerprint density at radius 3 is 2.83 bits per heavy atom. The lowest BCUT2D eigenvalue weighted by Crippen LogP contribution is -2.27. The molecule has 1 aliphatic heterocycles. The molecule has 4 rings (SSSR count). The zero-order valence-electron chi connectivity index (χ0n) is 14.4. The molecule has 0 radical (unpaired) electrons. The molecule has 0 saturated heterocycles. The second-order valence-corrected chi connectivity index (χ2v) is 6.67. The van der Waals surface area contributed by atoms with Crippen molar-refractivity contribution in [3.05, 3.63) is 64.6 Å². The number of benzene rings is 1.